The van der Waals surface area contributed by atoms with Crippen LogP contribution < -0.4 is 5.32 Å². The molecule has 3 rings (SSSR count). The minimum Gasteiger partial charge on any atom is -0.355 e. The third-order valence-corrected chi connectivity index (χ3v) is 3.91. The Bertz CT molecular complexity index is 530. The van der Waals surface area contributed by atoms with Crippen LogP contribution in [0.3, 0.4) is 0 Å². The van der Waals surface area contributed by atoms with Gasteiger partial charge >= 0.3 is 0 Å². The maximum absolute atomic E-state index is 3.54. The van der Waals surface area contributed by atoms with Gasteiger partial charge in [0.15, 0.2) is 0 Å². The van der Waals surface area contributed by atoms with E-state index >= 15 is 0 Å². The van der Waals surface area contributed by atoms with E-state index in [1.807, 2.05) is 6.07 Å². The number of nitrogens with zero attached hydrogens (tertiary/aromatic N) is 1. The predicted octanol–water partition coefficient (Wildman–Crippen LogP) is 4.42. The Morgan fingerprint density at radius 1 is 0.800 bits per heavy atom. The topological polar surface area (TPSA) is 15.3 Å². The first-order valence-electron chi connectivity index (χ1n) is 7.54. The molecule has 20 heavy (non-hydrogen) atoms. The molecule has 104 valence electrons. The van der Waals surface area contributed by atoms with Crippen LogP contribution in [0.15, 0.2) is 54.6 Å². The molecule has 1 fully saturated rings. The average molecular weight is 266 g/mol. The van der Waals surface area contributed by atoms with Crippen molar-refractivity contribution in [2.75, 3.05) is 18.4 Å². The second-order valence-electron chi connectivity index (χ2n) is 5.48. The lowest BCUT2D eigenvalue weighted by atomic mass is 10.1. The van der Waals surface area contributed by atoms with Crippen LogP contribution in [0, 0.1) is 0 Å². The SMILES string of the molecule is c1ccc(Nc2ccccc2CN2CCCCC2)cc1. The van der Waals surface area contributed by atoms with Gasteiger partial charge in [-0.1, -0.05) is 42.8 Å². The summed E-state index contributed by atoms with van der Waals surface area (Å²) in [5, 5.41) is 3.54. The van der Waals surface area contributed by atoms with Gasteiger partial charge in [-0.25, -0.2) is 0 Å². The minimum absolute atomic E-state index is 1.05. The lowest BCUT2D eigenvalue weighted by Crippen LogP contribution is -2.29. The molecule has 1 aliphatic rings. The number of anilines is 2. The fourth-order valence-electron chi connectivity index (χ4n) is 2.82. The summed E-state index contributed by atoms with van der Waals surface area (Å²) < 4.78 is 0. The summed E-state index contributed by atoms with van der Waals surface area (Å²) in [6.45, 7) is 3.52. The second kappa shape index (κ2) is 6.58. The Morgan fingerprint density at radius 3 is 2.30 bits per heavy atom. The van der Waals surface area contributed by atoms with Crippen LogP contribution >= 0.6 is 0 Å². The van der Waals surface area contributed by atoms with Crippen molar-refractivity contribution in [1.82, 2.24) is 4.90 Å². The van der Waals surface area contributed by atoms with Gasteiger partial charge in [0.05, 0.1) is 0 Å². The molecular weight excluding hydrogens is 244 g/mol. The highest BCUT2D eigenvalue weighted by Crippen LogP contribution is 2.23. The lowest BCUT2D eigenvalue weighted by Gasteiger charge is -2.27. The monoisotopic (exact) mass is 266 g/mol. The van der Waals surface area contributed by atoms with E-state index in [0.717, 1.165) is 12.2 Å². The van der Waals surface area contributed by atoms with E-state index in [1.54, 1.807) is 0 Å². The van der Waals surface area contributed by atoms with Crippen LogP contribution in [-0.4, -0.2) is 18.0 Å². The Balaban J connectivity index is 1.74. The number of nitrogens with one attached hydrogen (secondary N) is 1. The van der Waals surface area contributed by atoms with Crippen molar-refractivity contribution in [1.29, 1.82) is 0 Å². The Morgan fingerprint density at radius 2 is 1.50 bits per heavy atom. The largest absolute Gasteiger partial charge is 0.355 e. The van der Waals surface area contributed by atoms with Gasteiger partial charge in [0.2, 0.25) is 0 Å². The van der Waals surface area contributed by atoms with Gasteiger partial charge in [-0.15, -0.1) is 0 Å². The zero-order valence-corrected chi connectivity index (χ0v) is 11.9. The first-order valence-corrected chi connectivity index (χ1v) is 7.54. The Hall–Kier alpha value is -1.80. The number of piperidine rings is 1. The number of likely N-dealkylation sites (tertiary alicyclic amines) is 1. The number of rotatable bonds is 4. The number of benzene rings is 2. The van der Waals surface area contributed by atoms with Crippen LogP contribution in [0.4, 0.5) is 11.4 Å². The Labute approximate surface area is 121 Å². The Kier molecular flexibility index (Phi) is 4.34. The summed E-state index contributed by atoms with van der Waals surface area (Å²) in [5.74, 6) is 0. The molecule has 2 aromatic rings. The molecule has 0 bridgehead atoms. The zero-order valence-electron chi connectivity index (χ0n) is 11.9. The van der Waals surface area contributed by atoms with E-state index in [2.05, 4.69) is 58.7 Å². The number of hydrogen-bond acceptors (Lipinski definition) is 2. The first-order chi connectivity index (χ1) is 9.92. The molecule has 1 saturated heterocycles. The molecular formula is C18H22N2. The van der Waals surface area contributed by atoms with Crippen LogP contribution in [-0.2, 0) is 6.54 Å². The molecule has 0 atom stereocenters. The predicted molar refractivity (Wildman–Crippen MR) is 85.3 cm³/mol. The second-order valence-corrected chi connectivity index (χ2v) is 5.48. The van der Waals surface area contributed by atoms with Crippen LogP contribution in [0.5, 0.6) is 0 Å². The molecule has 0 aliphatic carbocycles. The molecule has 0 unspecified atom stereocenters. The highest BCUT2D eigenvalue weighted by atomic mass is 15.1. The summed E-state index contributed by atoms with van der Waals surface area (Å²) in [6, 6.07) is 19.0. The van der Waals surface area contributed by atoms with Gasteiger partial charge in [-0.3, -0.25) is 4.90 Å². The summed E-state index contributed by atoms with van der Waals surface area (Å²) >= 11 is 0. The van der Waals surface area contributed by atoms with Gasteiger partial charge in [-0.05, 0) is 49.7 Å². The molecule has 0 amide bonds. The third kappa shape index (κ3) is 3.40. The summed E-state index contributed by atoms with van der Waals surface area (Å²) in [5.41, 5.74) is 3.76. The number of hydrogen-bond donors (Lipinski definition) is 1. The number of para-hydroxylation sites is 2. The van der Waals surface area contributed by atoms with Crippen molar-refractivity contribution in [2.45, 2.75) is 25.8 Å². The summed E-state index contributed by atoms with van der Waals surface area (Å²) in [6.07, 6.45) is 4.07. The van der Waals surface area contributed by atoms with Crippen molar-refractivity contribution in [3.8, 4) is 0 Å². The van der Waals surface area contributed by atoms with E-state index in [0.29, 0.717) is 0 Å². The van der Waals surface area contributed by atoms with Gasteiger partial charge in [-0.2, -0.15) is 0 Å². The third-order valence-electron chi connectivity index (χ3n) is 3.91. The molecule has 2 heteroatoms. The van der Waals surface area contributed by atoms with Crippen molar-refractivity contribution in [3.63, 3.8) is 0 Å². The minimum atomic E-state index is 1.05. The van der Waals surface area contributed by atoms with E-state index in [4.69, 9.17) is 0 Å². The molecule has 2 aromatic carbocycles. The molecule has 2 nitrogen and oxygen atoms in total. The van der Waals surface area contributed by atoms with Gasteiger partial charge in [0, 0.05) is 17.9 Å². The normalized spacial score (nSPS) is 16.0. The fraction of sp³-hybridized carbons (Fsp3) is 0.333. The summed E-state index contributed by atoms with van der Waals surface area (Å²) in [7, 11) is 0. The highest BCUT2D eigenvalue weighted by Gasteiger charge is 2.12. The molecule has 1 aliphatic heterocycles. The zero-order chi connectivity index (χ0) is 13.6. The van der Waals surface area contributed by atoms with Crippen LogP contribution in [0.2, 0.25) is 0 Å². The molecule has 0 radical (unpaired) electrons. The molecule has 0 aromatic heterocycles. The average Bonchev–Trinajstić information content (AvgIpc) is 2.51. The molecule has 0 saturated carbocycles. The lowest BCUT2D eigenvalue weighted by molar-refractivity contribution is 0.221. The van der Waals surface area contributed by atoms with Gasteiger partial charge in [0.1, 0.15) is 0 Å². The molecule has 0 spiro atoms. The first kappa shape index (κ1) is 13.2. The van der Waals surface area contributed by atoms with Crippen molar-refractivity contribution in [3.05, 3.63) is 60.2 Å². The van der Waals surface area contributed by atoms with E-state index < -0.39 is 0 Å². The van der Waals surface area contributed by atoms with E-state index in [9.17, 15) is 0 Å². The van der Waals surface area contributed by atoms with Crippen molar-refractivity contribution < 1.29 is 0 Å². The summed E-state index contributed by atoms with van der Waals surface area (Å²) in [4.78, 5) is 2.56. The van der Waals surface area contributed by atoms with Gasteiger partial charge in [0.25, 0.3) is 0 Å². The molecule has 1 heterocycles. The fourth-order valence-corrected chi connectivity index (χ4v) is 2.82. The van der Waals surface area contributed by atoms with Gasteiger partial charge < -0.3 is 5.32 Å². The van der Waals surface area contributed by atoms with Crippen LogP contribution in [0.25, 0.3) is 0 Å². The smallest absolute Gasteiger partial charge is 0.0429 e. The van der Waals surface area contributed by atoms with Crippen molar-refractivity contribution >= 4 is 11.4 Å². The molecule has 1 N–H and O–H groups in total. The van der Waals surface area contributed by atoms with E-state index in [-0.39, 0.29) is 0 Å². The maximum atomic E-state index is 3.54. The van der Waals surface area contributed by atoms with Crippen molar-refractivity contribution in [2.24, 2.45) is 0 Å². The van der Waals surface area contributed by atoms with Crippen LogP contribution in [0.1, 0.15) is 24.8 Å². The standard InChI is InChI=1S/C18H22N2/c1-3-10-17(11-4-1)19-18-12-6-5-9-16(18)15-20-13-7-2-8-14-20/h1,3-6,9-12,19H,2,7-8,13-15H2. The highest BCUT2D eigenvalue weighted by molar-refractivity contribution is 5.62. The maximum Gasteiger partial charge on any atom is 0.0429 e. The quantitative estimate of drug-likeness (QED) is 0.881. The van der Waals surface area contributed by atoms with E-state index in [1.165, 1.54) is 43.6 Å².